The molecule has 4 aliphatic heterocycles. The van der Waals surface area contributed by atoms with E-state index in [0.29, 0.717) is 34.7 Å². The Bertz CT molecular complexity index is 3910. The van der Waals surface area contributed by atoms with Crippen molar-refractivity contribution in [1.29, 1.82) is 0 Å². The van der Waals surface area contributed by atoms with Gasteiger partial charge in [0.05, 0.1) is 45.6 Å². The number of aromatic nitrogens is 8. The molecule has 14 nitrogen and oxygen atoms in total. The Kier molecular flexibility index (Phi) is 13.0. The van der Waals surface area contributed by atoms with Crippen LogP contribution in [0.1, 0.15) is 151 Å². The van der Waals surface area contributed by atoms with Crippen LogP contribution in [0.15, 0.2) is 54.6 Å². The monoisotopic (exact) mass is 988 g/mol. The number of carboxylic acid groups (broad SMARTS) is 3. The fourth-order valence-electron chi connectivity index (χ4n) is 10.9. The van der Waals surface area contributed by atoms with Gasteiger partial charge in [0.1, 0.15) is 0 Å². The molecular weight excluding hydrogens is 929 g/mol. The predicted octanol–water partition coefficient (Wildman–Crippen LogP) is 13.1. The Balaban J connectivity index is 1.14. The number of carboxylic acids is 3. The lowest BCUT2D eigenvalue weighted by molar-refractivity contribution is -0.137. The van der Waals surface area contributed by atoms with Crippen LogP contribution < -0.4 is 0 Å². The SMILES string of the molecule is CC1=Cc2cc3[nH]c(cc4nc(cc5[nH]c(cc1n2)c(C)c5CCCc1c(C)c2cc5nc(cc6[nH]c(cc7nc(cc1[nH]2)C(C)=C7CCC(=O)O)c(CCC(=O)O)c6C)C(CCC(=O)O)=C5C)C(C)=C4)cc3C. The third-order valence-electron chi connectivity index (χ3n) is 15.1. The average molecular weight is 989 g/mol. The molecule has 16 bridgehead atoms. The van der Waals surface area contributed by atoms with Gasteiger partial charge in [-0.25, -0.2) is 19.9 Å². The van der Waals surface area contributed by atoms with Crippen LogP contribution in [-0.2, 0) is 33.6 Å². The molecule has 0 aliphatic carbocycles. The van der Waals surface area contributed by atoms with E-state index < -0.39 is 17.9 Å². The van der Waals surface area contributed by atoms with Crippen molar-refractivity contribution < 1.29 is 29.7 Å². The van der Waals surface area contributed by atoms with Gasteiger partial charge in [0.15, 0.2) is 0 Å². The van der Waals surface area contributed by atoms with Crippen LogP contribution >= 0.6 is 0 Å². The molecule has 6 aromatic rings. The molecule has 10 heterocycles. The number of rotatable bonds is 13. The Labute approximate surface area is 427 Å². The number of aryl methyl sites for hydroxylation is 7. The number of hydrogen-bond acceptors (Lipinski definition) is 7. The van der Waals surface area contributed by atoms with E-state index in [0.717, 1.165) is 141 Å². The van der Waals surface area contributed by atoms with Crippen LogP contribution in [0.25, 0.3) is 89.7 Å². The average Bonchev–Trinajstić information content (AvgIpc) is 4.22. The Morgan fingerprint density at radius 2 is 0.797 bits per heavy atom. The van der Waals surface area contributed by atoms with Gasteiger partial charge in [-0.05, 0) is 233 Å². The Morgan fingerprint density at radius 3 is 1.28 bits per heavy atom. The van der Waals surface area contributed by atoms with Crippen molar-refractivity contribution in [2.75, 3.05) is 0 Å². The lowest BCUT2D eigenvalue weighted by Crippen LogP contribution is -1.98. The lowest BCUT2D eigenvalue weighted by atomic mass is 9.98. The zero-order valence-corrected chi connectivity index (χ0v) is 43.1. The van der Waals surface area contributed by atoms with E-state index in [1.165, 1.54) is 5.56 Å². The highest BCUT2D eigenvalue weighted by atomic mass is 16.4. The van der Waals surface area contributed by atoms with Crippen molar-refractivity contribution in [3.05, 3.63) is 139 Å². The van der Waals surface area contributed by atoms with E-state index in [4.69, 9.17) is 19.9 Å². The summed E-state index contributed by atoms with van der Waals surface area (Å²) in [5.41, 5.74) is 26.2. The molecule has 10 rings (SSSR count). The number of hydrogen-bond donors (Lipinski definition) is 7. The van der Waals surface area contributed by atoms with Gasteiger partial charge in [-0.1, -0.05) is 0 Å². The van der Waals surface area contributed by atoms with Crippen LogP contribution in [0.2, 0.25) is 0 Å². The van der Waals surface area contributed by atoms with E-state index in [2.05, 4.69) is 103 Å². The summed E-state index contributed by atoms with van der Waals surface area (Å²) in [6.45, 7) is 16.5. The van der Waals surface area contributed by atoms with Gasteiger partial charge in [0.2, 0.25) is 0 Å². The molecule has 7 N–H and O–H groups in total. The second kappa shape index (κ2) is 19.6. The van der Waals surface area contributed by atoms with Gasteiger partial charge in [-0.15, -0.1) is 0 Å². The van der Waals surface area contributed by atoms with E-state index in [1.807, 2.05) is 39.0 Å². The van der Waals surface area contributed by atoms with Crippen LogP contribution in [0, 0.1) is 27.7 Å². The smallest absolute Gasteiger partial charge is 0.303 e. The molecule has 6 aromatic heterocycles. The molecule has 0 fully saturated rings. The highest BCUT2D eigenvalue weighted by molar-refractivity contribution is 5.96. The summed E-state index contributed by atoms with van der Waals surface area (Å²) in [7, 11) is 0. The maximum Gasteiger partial charge on any atom is 0.303 e. The molecule has 0 amide bonds. The second-order valence-corrected chi connectivity index (χ2v) is 20.1. The van der Waals surface area contributed by atoms with E-state index in [1.54, 1.807) is 0 Å². The molecule has 376 valence electrons. The molecule has 14 heteroatoms. The number of nitrogens with one attached hydrogen (secondary N) is 4. The first-order chi connectivity index (χ1) is 35.4. The molecule has 0 spiro atoms. The third kappa shape index (κ3) is 9.67. The lowest BCUT2D eigenvalue weighted by Gasteiger charge is -2.05. The zero-order valence-electron chi connectivity index (χ0n) is 43.1. The molecule has 4 aliphatic rings. The summed E-state index contributed by atoms with van der Waals surface area (Å²) in [5, 5.41) is 29.4. The predicted molar refractivity (Wildman–Crippen MR) is 295 cm³/mol. The van der Waals surface area contributed by atoms with Crippen molar-refractivity contribution in [1.82, 2.24) is 39.9 Å². The summed E-state index contributed by atoms with van der Waals surface area (Å²) in [4.78, 5) is 71.0. The van der Waals surface area contributed by atoms with Crippen LogP contribution in [0.4, 0.5) is 0 Å². The van der Waals surface area contributed by atoms with E-state index in [-0.39, 0.29) is 38.5 Å². The molecule has 74 heavy (non-hydrogen) atoms. The van der Waals surface area contributed by atoms with Crippen molar-refractivity contribution in [2.24, 2.45) is 0 Å². The van der Waals surface area contributed by atoms with Gasteiger partial charge in [0, 0.05) is 63.4 Å². The number of aliphatic carboxylic acids is 3. The topological polar surface area (TPSA) is 227 Å². The Hall–Kier alpha value is -8.39. The standard InChI is InChI=1S/C60H60N8O6/c1-29-18-37-21-38-19-30(2)47(62-38)24-53-40(32(4)48(64-53)23-46-31(3)20-39(63-46)22-45(29)61-37)10-9-11-41-33(5)49-25-50-34(6)42(12-15-58(69)70)55(66-50)27-52-36(8)44(14-17-60(73)74)57(68-52)28-56-43(13-16-59(71)72)35(7)51(67-56)26-54(41)65-49/h18-28,61,64-65,68H,9-17H2,1-8H3,(H,69,70)(H,71,72)(H,73,74). The normalized spacial score (nSPS) is 13.5. The van der Waals surface area contributed by atoms with Crippen LogP contribution in [0.5, 0.6) is 0 Å². The Morgan fingerprint density at radius 1 is 0.405 bits per heavy atom. The molecule has 0 unspecified atom stereocenters. The molecule has 0 saturated heterocycles. The minimum atomic E-state index is -0.929. The van der Waals surface area contributed by atoms with Gasteiger partial charge >= 0.3 is 17.9 Å². The van der Waals surface area contributed by atoms with Crippen LogP contribution in [0.3, 0.4) is 0 Å². The van der Waals surface area contributed by atoms with Crippen molar-refractivity contribution in [3.8, 4) is 0 Å². The highest BCUT2D eigenvalue weighted by Gasteiger charge is 2.23. The van der Waals surface area contributed by atoms with Gasteiger partial charge in [-0.3, -0.25) is 14.4 Å². The highest BCUT2D eigenvalue weighted by Crippen LogP contribution is 2.38. The molecule has 0 atom stereocenters. The number of carbonyl (C=O) groups is 3. The van der Waals surface area contributed by atoms with E-state index >= 15 is 0 Å². The summed E-state index contributed by atoms with van der Waals surface area (Å²) in [6, 6.07) is 18.5. The largest absolute Gasteiger partial charge is 0.481 e. The number of H-pyrrole nitrogens is 4. The first-order valence-electron chi connectivity index (χ1n) is 25.3. The number of fused-ring (bicyclic) bond motifs is 16. The maximum atomic E-state index is 12.0. The quantitative estimate of drug-likeness (QED) is 0.0579. The summed E-state index contributed by atoms with van der Waals surface area (Å²) in [6.07, 6.45) is 6.99. The van der Waals surface area contributed by atoms with Gasteiger partial charge in [-0.2, -0.15) is 0 Å². The van der Waals surface area contributed by atoms with Crippen molar-refractivity contribution >= 4 is 108 Å². The first kappa shape index (κ1) is 49.2. The van der Waals surface area contributed by atoms with E-state index in [9.17, 15) is 29.7 Å². The molecule has 0 aromatic carbocycles. The minimum Gasteiger partial charge on any atom is -0.481 e. The zero-order chi connectivity index (χ0) is 52.3. The summed E-state index contributed by atoms with van der Waals surface area (Å²) in [5.74, 6) is -2.76. The van der Waals surface area contributed by atoms with Crippen molar-refractivity contribution in [3.63, 3.8) is 0 Å². The van der Waals surface area contributed by atoms with Gasteiger partial charge in [0.25, 0.3) is 0 Å². The fourth-order valence-corrected chi connectivity index (χ4v) is 10.9. The van der Waals surface area contributed by atoms with Gasteiger partial charge < -0.3 is 35.3 Å². The second-order valence-electron chi connectivity index (χ2n) is 20.1. The van der Waals surface area contributed by atoms with Crippen molar-refractivity contribution in [2.45, 2.75) is 113 Å². The maximum absolute atomic E-state index is 12.0. The molecule has 0 saturated carbocycles. The third-order valence-corrected chi connectivity index (χ3v) is 15.1. The number of allylic oxidation sites excluding steroid dienone is 6. The molecular formula is C60H60N8O6. The van der Waals surface area contributed by atoms with Crippen LogP contribution in [-0.4, -0.2) is 73.1 Å². The first-order valence-corrected chi connectivity index (χ1v) is 25.3. The summed E-state index contributed by atoms with van der Waals surface area (Å²) < 4.78 is 0. The fraction of sp³-hybridized carbons (Fsp3) is 0.283. The number of aromatic amines is 4. The minimum absolute atomic E-state index is 0.0756. The molecule has 0 radical (unpaired) electrons. The summed E-state index contributed by atoms with van der Waals surface area (Å²) >= 11 is 0. The number of nitrogens with zero attached hydrogens (tertiary/aromatic N) is 4.